The highest BCUT2D eigenvalue weighted by Crippen LogP contribution is 2.37. The summed E-state index contributed by atoms with van der Waals surface area (Å²) in [5.41, 5.74) is 6.01. The van der Waals surface area contributed by atoms with Crippen LogP contribution in [0.25, 0.3) is 0 Å². The van der Waals surface area contributed by atoms with Crippen molar-refractivity contribution in [3.05, 3.63) is 0 Å². The Balaban J connectivity index is 2.79. The third-order valence-corrected chi connectivity index (χ3v) is 3.84. The molecule has 3 atom stereocenters. The van der Waals surface area contributed by atoms with Gasteiger partial charge in [-0.2, -0.15) is 13.2 Å². The number of hydrogen-bond acceptors (Lipinski definition) is 2. The van der Waals surface area contributed by atoms with Crippen LogP contribution in [0.4, 0.5) is 13.2 Å². The summed E-state index contributed by atoms with van der Waals surface area (Å²) >= 11 is 0. The fraction of sp³-hybridized carbons (Fsp3) is 1.00. The lowest BCUT2D eigenvalue weighted by Crippen LogP contribution is -2.54. The molecule has 0 aromatic rings. The van der Waals surface area contributed by atoms with Crippen LogP contribution < -0.4 is 5.73 Å². The molecule has 0 aromatic carbocycles. The molecule has 3 unspecified atom stereocenters. The zero-order valence-electron chi connectivity index (χ0n) is 11.7. The largest absolute Gasteiger partial charge is 0.393 e. The monoisotopic (exact) mass is 266 g/mol. The van der Waals surface area contributed by atoms with E-state index in [0.717, 1.165) is 6.42 Å². The first-order valence-corrected chi connectivity index (χ1v) is 6.63. The first kappa shape index (κ1) is 15.8. The Kier molecular flexibility index (Phi) is 4.70. The van der Waals surface area contributed by atoms with Crippen molar-refractivity contribution < 1.29 is 13.2 Å². The van der Waals surface area contributed by atoms with Crippen LogP contribution in [0.2, 0.25) is 0 Å². The fourth-order valence-corrected chi connectivity index (χ4v) is 2.99. The van der Waals surface area contributed by atoms with E-state index in [1.165, 1.54) is 0 Å². The van der Waals surface area contributed by atoms with Gasteiger partial charge in [0.25, 0.3) is 0 Å². The summed E-state index contributed by atoms with van der Waals surface area (Å²) in [5.74, 6) is -1.19. The molecule has 2 N–H and O–H groups in total. The van der Waals surface area contributed by atoms with Gasteiger partial charge in [0, 0.05) is 18.6 Å². The van der Waals surface area contributed by atoms with Gasteiger partial charge >= 0.3 is 6.18 Å². The summed E-state index contributed by atoms with van der Waals surface area (Å²) in [5, 5.41) is 0. The van der Waals surface area contributed by atoms with E-state index in [9.17, 15) is 13.2 Å². The Morgan fingerprint density at radius 3 is 2.17 bits per heavy atom. The van der Waals surface area contributed by atoms with E-state index in [1.807, 2.05) is 32.6 Å². The van der Waals surface area contributed by atoms with Crippen LogP contribution in [0.5, 0.6) is 0 Å². The normalized spacial score (nSPS) is 26.3. The lowest BCUT2D eigenvalue weighted by Gasteiger charge is -2.41. The van der Waals surface area contributed by atoms with Crippen LogP contribution >= 0.6 is 0 Å². The molecule has 0 aliphatic carbocycles. The smallest absolute Gasteiger partial charge is 0.326 e. The highest BCUT2D eigenvalue weighted by atomic mass is 19.4. The quantitative estimate of drug-likeness (QED) is 0.850. The number of halogens is 3. The van der Waals surface area contributed by atoms with Gasteiger partial charge in [-0.25, -0.2) is 0 Å². The van der Waals surface area contributed by atoms with Gasteiger partial charge in [0.1, 0.15) is 0 Å². The average Bonchev–Trinajstić information content (AvgIpc) is 2.63. The Labute approximate surface area is 108 Å². The van der Waals surface area contributed by atoms with Gasteiger partial charge in [-0.3, -0.25) is 4.90 Å². The van der Waals surface area contributed by atoms with Crippen LogP contribution in [0.1, 0.15) is 40.5 Å². The molecule has 1 aliphatic rings. The van der Waals surface area contributed by atoms with Crippen LogP contribution in [0.15, 0.2) is 0 Å². The third kappa shape index (κ3) is 3.60. The van der Waals surface area contributed by atoms with Crippen molar-refractivity contribution in [1.29, 1.82) is 0 Å². The molecule has 18 heavy (non-hydrogen) atoms. The minimum absolute atomic E-state index is 0.00912. The Morgan fingerprint density at radius 1 is 1.28 bits per heavy atom. The Hall–Kier alpha value is -0.290. The van der Waals surface area contributed by atoms with Crippen molar-refractivity contribution in [3.8, 4) is 0 Å². The van der Waals surface area contributed by atoms with Crippen LogP contribution in [-0.2, 0) is 0 Å². The van der Waals surface area contributed by atoms with E-state index in [0.29, 0.717) is 6.54 Å². The van der Waals surface area contributed by atoms with Gasteiger partial charge in [0.15, 0.2) is 0 Å². The number of likely N-dealkylation sites (tertiary alicyclic amines) is 1. The fourth-order valence-electron chi connectivity index (χ4n) is 2.99. The first-order valence-electron chi connectivity index (χ1n) is 6.63. The summed E-state index contributed by atoms with van der Waals surface area (Å²) in [6.07, 6.45) is -3.09. The van der Waals surface area contributed by atoms with Crippen molar-refractivity contribution in [2.45, 2.75) is 58.8 Å². The van der Waals surface area contributed by atoms with Crippen molar-refractivity contribution >= 4 is 0 Å². The van der Waals surface area contributed by atoms with Crippen LogP contribution in [-0.4, -0.2) is 36.2 Å². The molecule has 5 heteroatoms. The van der Waals surface area contributed by atoms with Crippen LogP contribution in [0, 0.1) is 11.3 Å². The zero-order valence-corrected chi connectivity index (χ0v) is 11.7. The van der Waals surface area contributed by atoms with E-state index in [-0.39, 0.29) is 30.5 Å². The predicted molar refractivity (Wildman–Crippen MR) is 67.2 cm³/mol. The van der Waals surface area contributed by atoms with Crippen molar-refractivity contribution in [3.63, 3.8) is 0 Å². The highest BCUT2D eigenvalue weighted by molar-refractivity contribution is 4.95. The van der Waals surface area contributed by atoms with Gasteiger partial charge in [0.05, 0.1) is 5.92 Å². The lowest BCUT2D eigenvalue weighted by atomic mass is 9.80. The summed E-state index contributed by atoms with van der Waals surface area (Å²) < 4.78 is 38.2. The average molecular weight is 266 g/mol. The molecule has 0 spiro atoms. The van der Waals surface area contributed by atoms with E-state index in [1.54, 1.807) is 0 Å². The standard InChI is InChI=1S/C13H25F3N2/c1-5-10(17)11(12(2,3)4)18-7-6-9(8-18)13(14,15)16/h9-11H,5-8,17H2,1-4H3. The molecular weight excluding hydrogens is 241 g/mol. The Bertz CT molecular complexity index is 270. The number of nitrogens with two attached hydrogens (primary N) is 1. The topological polar surface area (TPSA) is 29.3 Å². The van der Waals surface area contributed by atoms with Crippen molar-refractivity contribution in [1.82, 2.24) is 4.90 Å². The second-order valence-electron chi connectivity index (χ2n) is 6.41. The predicted octanol–water partition coefficient (Wildman–Crippen LogP) is 3.02. The summed E-state index contributed by atoms with van der Waals surface area (Å²) in [6, 6.07) is -0.0631. The minimum Gasteiger partial charge on any atom is -0.326 e. The van der Waals surface area contributed by atoms with E-state index < -0.39 is 12.1 Å². The first-order chi connectivity index (χ1) is 8.07. The van der Waals surface area contributed by atoms with Crippen LogP contribution in [0.3, 0.4) is 0 Å². The molecule has 0 aromatic heterocycles. The summed E-state index contributed by atoms with van der Waals surface area (Å²) in [4.78, 5) is 1.94. The summed E-state index contributed by atoms with van der Waals surface area (Å²) in [7, 11) is 0. The van der Waals surface area contributed by atoms with Gasteiger partial charge in [-0.1, -0.05) is 27.7 Å². The third-order valence-electron chi connectivity index (χ3n) is 3.84. The molecule has 1 rings (SSSR count). The maximum Gasteiger partial charge on any atom is 0.393 e. The number of nitrogens with zero attached hydrogens (tertiary/aromatic N) is 1. The van der Waals surface area contributed by atoms with Crippen molar-refractivity contribution in [2.75, 3.05) is 13.1 Å². The maximum atomic E-state index is 12.7. The van der Waals surface area contributed by atoms with Gasteiger partial charge in [0.2, 0.25) is 0 Å². The van der Waals surface area contributed by atoms with Gasteiger partial charge in [-0.15, -0.1) is 0 Å². The SMILES string of the molecule is CCC(N)C(N1CCC(C(F)(F)F)C1)C(C)(C)C. The Morgan fingerprint density at radius 2 is 1.83 bits per heavy atom. The maximum absolute atomic E-state index is 12.7. The molecule has 0 saturated carbocycles. The molecule has 1 aliphatic heterocycles. The van der Waals surface area contributed by atoms with Crippen molar-refractivity contribution in [2.24, 2.45) is 17.1 Å². The molecule has 1 saturated heterocycles. The van der Waals surface area contributed by atoms with Gasteiger partial charge in [-0.05, 0) is 24.8 Å². The minimum atomic E-state index is -4.08. The molecule has 108 valence electrons. The molecule has 0 amide bonds. The van der Waals surface area contributed by atoms with Gasteiger partial charge < -0.3 is 5.73 Å². The number of hydrogen-bond donors (Lipinski definition) is 1. The van der Waals surface area contributed by atoms with E-state index >= 15 is 0 Å². The molecule has 1 heterocycles. The molecule has 0 bridgehead atoms. The highest BCUT2D eigenvalue weighted by Gasteiger charge is 2.47. The van der Waals surface area contributed by atoms with E-state index in [4.69, 9.17) is 5.73 Å². The molecule has 1 fully saturated rings. The number of rotatable bonds is 3. The molecular formula is C13H25F3N2. The second-order valence-corrected chi connectivity index (χ2v) is 6.41. The molecule has 0 radical (unpaired) electrons. The lowest BCUT2D eigenvalue weighted by molar-refractivity contribution is -0.171. The van der Waals surface area contributed by atoms with E-state index in [2.05, 4.69) is 0 Å². The summed E-state index contributed by atoms with van der Waals surface area (Å²) in [6.45, 7) is 8.73. The second kappa shape index (κ2) is 5.37. The molecule has 2 nitrogen and oxygen atoms in total. The zero-order chi connectivity index (χ0) is 14.1. The number of alkyl halides is 3.